The molecular weight excluding hydrogens is 707 g/mol. The number of benzene rings is 7. The van der Waals surface area contributed by atoms with E-state index in [0.29, 0.717) is 0 Å². The van der Waals surface area contributed by atoms with Gasteiger partial charge in [0.25, 0.3) is 0 Å². The molecule has 7 aromatic carbocycles. The summed E-state index contributed by atoms with van der Waals surface area (Å²) in [6, 6.07) is 68.6. The maximum absolute atomic E-state index is 2.42. The molecule has 55 heavy (non-hydrogen) atoms. The summed E-state index contributed by atoms with van der Waals surface area (Å²) in [4.78, 5) is 2.54. The Morgan fingerprint density at radius 2 is 0.618 bits per heavy atom. The fraction of sp³-hybridized carbons (Fsp3) is 0. The van der Waals surface area contributed by atoms with E-state index in [2.05, 4.69) is 202 Å². The fourth-order valence-corrected chi connectivity index (χ4v) is 11.0. The zero-order valence-corrected chi connectivity index (χ0v) is 31.2. The molecule has 0 amide bonds. The number of thiophene rings is 2. The lowest BCUT2D eigenvalue weighted by Crippen LogP contribution is -1.93. The molecule has 0 aliphatic heterocycles. The standard InChI is InChI=1S/C50H31N3S2/c1-4-14-34(15-5-1)51-43-26-24-32(47-30-45-49(54-47)37-20-10-12-22-41(37)52(45)35-16-6-2-7-17-35)28-39(43)40-29-33(25-27-44(40)51)48-31-46-50(55-48)38-21-11-13-23-42(38)53(46)36-18-8-3-9-19-36/h1-31H. The number of fused-ring (bicyclic) bond motifs is 9. The number of hydrogen-bond acceptors (Lipinski definition) is 2. The van der Waals surface area contributed by atoms with Crippen molar-refractivity contribution < 1.29 is 0 Å². The molecule has 0 atom stereocenters. The van der Waals surface area contributed by atoms with Crippen molar-refractivity contribution in [1.82, 2.24) is 13.7 Å². The van der Waals surface area contributed by atoms with Gasteiger partial charge in [-0.2, -0.15) is 0 Å². The summed E-state index contributed by atoms with van der Waals surface area (Å²) < 4.78 is 9.88. The highest BCUT2D eigenvalue weighted by atomic mass is 32.1. The molecular formula is C50H31N3S2. The second-order valence-corrected chi connectivity index (χ2v) is 16.3. The maximum atomic E-state index is 2.42. The SMILES string of the molecule is c1ccc(-n2c3ccc(-c4cc5c(s4)c4ccccc4n5-c4ccccc4)cc3c3cc(-c4cc5c(s4)c4ccccc4n5-c4ccccc4)ccc32)cc1. The Morgan fingerprint density at radius 1 is 0.273 bits per heavy atom. The van der Waals surface area contributed by atoms with Crippen molar-refractivity contribution in [2.24, 2.45) is 0 Å². The summed E-state index contributed by atoms with van der Waals surface area (Å²) in [6.45, 7) is 0. The zero-order valence-electron chi connectivity index (χ0n) is 29.6. The normalized spacial score (nSPS) is 12.0. The van der Waals surface area contributed by atoms with Gasteiger partial charge in [0.2, 0.25) is 0 Å². The molecule has 0 saturated heterocycles. The van der Waals surface area contributed by atoms with Crippen molar-refractivity contribution in [3.8, 4) is 37.9 Å². The second-order valence-electron chi connectivity index (χ2n) is 14.2. The van der Waals surface area contributed by atoms with Gasteiger partial charge in [0, 0.05) is 48.4 Å². The van der Waals surface area contributed by atoms with E-state index in [-0.39, 0.29) is 0 Å². The predicted octanol–water partition coefficient (Wildman–Crippen LogP) is 14.4. The van der Waals surface area contributed by atoms with Gasteiger partial charge in [-0.1, -0.05) is 103 Å². The molecule has 0 spiro atoms. The molecule has 0 N–H and O–H groups in total. The zero-order chi connectivity index (χ0) is 36.0. The summed E-state index contributed by atoms with van der Waals surface area (Å²) in [5, 5.41) is 5.10. The topological polar surface area (TPSA) is 14.8 Å². The van der Waals surface area contributed by atoms with Crippen LogP contribution in [0, 0.1) is 0 Å². The van der Waals surface area contributed by atoms with Gasteiger partial charge < -0.3 is 13.7 Å². The molecule has 5 heteroatoms. The first kappa shape index (κ1) is 30.8. The van der Waals surface area contributed by atoms with Gasteiger partial charge >= 0.3 is 0 Å². The van der Waals surface area contributed by atoms with E-state index in [1.807, 2.05) is 22.7 Å². The molecule has 0 saturated carbocycles. The third-order valence-electron chi connectivity index (χ3n) is 11.1. The van der Waals surface area contributed by atoms with E-state index in [1.54, 1.807) is 0 Å². The van der Waals surface area contributed by atoms with E-state index in [1.165, 1.54) is 102 Å². The average molecular weight is 738 g/mol. The summed E-state index contributed by atoms with van der Waals surface area (Å²) in [6.07, 6.45) is 0. The van der Waals surface area contributed by atoms with Gasteiger partial charge in [-0.15, -0.1) is 22.7 Å². The molecule has 258 valence electrons. The molecule has 0 aliphatic rings. The maximum Gasteiger partial charge on any atom is 0.0655 e. The van der Waals surface area contributed by atoms with Crippen molar-refractivity contribution in [3.63, 3.8) is 0 Å². The average Bonchev–Trinajstić information content (AvgIpc) is 4.06. The Balaban J connectivity index is 1.07. The minimum atomic E-state index is 1.17. The smallest absolute Gasteiger partial charge is 0.0655 e. The highest BCUT2D eigenvalue weighted by molar-refractivity contribution is 7.23. The molecule has 3 nitrogen and oxygen atoms in total. The predicted molar refractivity (Wildman–Crippen MR) is 236 cm³/mol. The van der Waals surface area contributed by atoms with Crippen LogP contribution >= 0.6 is 22.7 Å². The van der Waals surface area contributed by atoms with Gasteiger partial charge in [-0.3, -0.25) is 0 Å². The van der Waals surface area contributed by atoms with Crippen LogP contribution in [0.15, 0.2) is 188 Å². The van der Waals surface area contributed by atoms with Crippen LogP contribution in [-0.2, 0) is 0 Å². The summed E-state index contributed by atoms with van der Waals surface area (Å²) in [5.41, 5.74) is 13.4. The molecule has 0 radical (unpaired) electrons. The van der Waals surface area contributed by atoms with Gasteiger partial charge in [0.15, 0.2) is 0 Å². The molecule has 12 aromatic rings. The Morgan fingerprint density at radius 3 is 1.04 bits per heavy atom. The van der Waals surface area contributed by atoms with Gasteiger partial charge in [0.1, 0.15) is 0 Å². The lowest BCUT2D eigenvalue weighted by atomic mass is 10.1. The van der Waals surface area contributed by atoms with Gasteiger partial charge in [-0.25, -0.2) is 0 Å². The van der Waals surface area contributed by atoms with Crippen LogP contribution in [-0.4, -0.2) is 13.7 Å². The molecule has 0 fully saturated rings. The van der Waals surface area contributed by atoms with Crippen LogP contribution in [0.25, 0.3) is 102 Å². The monoisotopic (exact) mass is 737 g/mol. The quantitative estimate of drug-likeness (QED) is 0.167. The van der Waals surface area contributed by atoms with Crippen LogP contribution in [0.1, 0.15) is 0 Å². The first-order chi connectivity index (χ1) is 27.3. The minimum absolute atomic E-state index is 1.17. The molecule has 0 unspecified atom stereocenters. The number of nitrogens with zero attached hydrogens (tertiary/aromatic N) is 3. The van der Waals surface area contributed by atoms with Crippen molar-refractivity contribution >= 4 is 86.7 Å². The first-order valence-corrected chi connectivity index (χ1v) is 20.2. The largest absolute Gasteiger partial charge is 0.309 e. The Kier molecular flexibility index (Phi) is 6.67. The van der Waals surface area contributed by atoms with Crippen molar-refractivity contribution in [1.29, 1.82) is 0 Å². The van der Waals surface area contributed by atoms with Crippen molar-refractivity contribution in [2.45, 2.75) is 0 Å². The van der Waals surface area contributed by atoms with Crippen molar-refractivity contribution in [3.05, 3.63) is 188 Å². The van der Waals surface area contributed by atoms with E-state index in [4.69, 9.17) is 0 Å². The molecule has 5 aromatic heterocycles. The van der Waals surface area contributed by atoms with Gasteiger partial charge in [-0.05, 0) is 96.1 Å². The van der Waals surface area contributed by atoms with E-state index >= 15 is 0 Å². The number of rotatable bonds is 5. The Bertz CT molecular complexity index is 3200. The second kappa shape index (κ2) is 11.9. The van der Waals surface area contributed by atoms with Crippen molar-refractivity contribution in [2.75, 3.05) is 0 Å². The summed E-state index contributed by atoms with van der Waals surface area (Å²) in [7, 11) is 0. The lowest BCUT2D eigenvalue weighted by Gasteiger charge is -2.08. The van der Waals surface area contributed by atoms with Crippen LogP contribution in [0.5, 0.6) is 0 Å². The van der Waals surface area contributed by atoms with E-state index in [0.717, 1.165) is 0 Å². The highest BCUT2D eigenvalue weighted by Gasteiger charge is 2.20. The third kappa shape index (κ3) is 4.61. The third-order valence-corrected chi connectivity index (χ3v) is 13.5. The summed E-state index contributed by atoms with van der Waals surface area (Å²) in [5.74, 6) is 0. The number of aromatic nitrogens is 3. The van der Waals surface area contributed by atoms with Gasteiger partial charge in [0.05, 0.1) is 42.5 Å². The number of para-hydroxylation sites is 5. The van der Waals surface area contributed by atoms with Crippen LogP contribution in [0.3, 0.4) is 0 Å². The molecule has 5 heterocycles. The highest BCUT2D eigenvalue weighted by Crippen LogP contribution is 2.45. The summed E-state index contributed by atoms with van der Waals surface area (Å²) >= 11 is 3.78. The number of hydrogen-bond donors (Lipinski definition) is 0. The Hall–Kier alpha value is -6.66. The van der Waals surface area contributed by atoms with Crippen LogP contribution < -0.4 is 0 Å². The molecule has 12 rings (SSSR count). The molecule has 0 bridgehead atoms. The van der Waals surface area contributed by atoms with Crippen LogP contribution in [0.2, 0.25) is 0 Å². The fourth-order valence-electron chi connectivity index (χ4n) is 8.64. The minimum Gasteiger partial charge on any atom is -0.309 e. The first-order valence-electron chi connectivity index (χ1n) is 18.6. The van der Waals surface area contributed by atoms with E-state index in [9.17, 15) is 0 Å². The van der Waals surface area contributed by atoms with E-state index < -0.39 is 0 Å². The molecule has 0 aliphatic carbocycles. The van der Waals surface area contributed by atoms with Crippen LogP contribution in [0.4, 0.5) is 0 Å². The lowest BCUT2D eigenvalue weighted by molar-refractivity contribution is 1.18. The Labute approximate surface area is 324 Å².